The highest BCUT2D eigenvalue weighted by molar-refractivity contribution is 6.55. The first kappa shape index (κ1) is 42.0. The molecule has 2 unspecified atom stereocenters. The van der Waals surface area contributed by atoms with Gasteiger partial charge in [0, 0.05) is 43.2 Å². The Morgan fingerprint density at radius 1 is 0.462 bits per heavy atom. The first-order valence-electron chi connectivity index (χ1n) is 16.8. The third kappa shape index (κ3) is 14.3. The zero-order valence-corrected chi connectivity index (χ0v) is 31.9. The standard InChI is InChI=1S/C19H29N3O4Si.C16H24N4O4Si/c1-14-4-8-18(9-5-14)25-27(23-15(2)12-20,24-16(3)13-21)26-19-10-6-17(22)7-11-19;17-9-11-21-25(22-12-10-18,23-15-5-1-13(19)2-6-15)24-16-7-3-14(20)4-8-16/h4-11,15-16H,12-13,20-22H2,1-3H3;1-8H,9-12,17-20H2. The summed E-state index contributed by atoms with van der Waals surface area (Å²) in [7, 11) is -7.28. The maximum absolute atomic E-state index is 6.17. The van der Waals surface area contributed by atoms with Gasteiger partial charge in [-0.25, -0.2) is 0 Å². The van der Waals surface area contributed by atoms with Crippen LogP contribution in [0.15, 0.2) is 97.1 Å². The van der Waals surface area contributed by atoms with E-state index in [-0.39, 0.29) is 51.6 Å². The van der Waals surface area contributed by atoms with Crippen LogP contribution in [0.3, 0.4) is 0 Å². The lowest BCUT2D eigenvalue weighted by molar-refractivity contribution is -0.00406. The molecule has 0 saturated carbocycles. The first-order valence-corrected chi connectivity index (χ1v) is 20.0. The summed E-state index contributed by atoms with van der Waals surface area (Å²) in [5.41, 5.74) is 42.8. The molecule has 2 atom stereocenters. The van der Waals surface area contributed by atoms with Gasteiger partial charge in [0.1, 0.15) is 23.0 Å². The van der Waals surface area contributed by atoms with Crippen molar-refractivity contribution < 1.29 is 35.4 Å². The highest BCUT2D eigenvalue weighted by atomic mass is 28.4. The van der Waals surface area contributed by atoms with Crippen LogP contribution in [-0.2, 0) is 17.7 Å². The molecule has 52 heavy (non-hydrogen) atoms. The van der Waals surface area contributed by atoms with Gasteiger partial charge in [0.05, 0.1) is 25.4 Å². The second kappa shape index (κ2) is 21.2. The number of aryl methyl sites for hydroxylation is 1. The van der Waals surface area contributed by atoms with Crippen LogP contribution in [0.5, 0.6) is 23.0 Å². The quantitative estimate of drug-likeness (QED) is 0.0506. The van der Waals surface area contributed by atoms with E-state index in [2.05, 4.69) is 0 Å². The van der Waals surface area contributed by atoms with Crippen LogP contribution in [0, 0.1) is 6.92 Å². The fourth-order valence-electron chi connectivity index (χ4n) is 4.07. The second-order valence-electron chi connectivity index (χ2n) is 11.5. The number of anilines is 3. The van der Waals surface area contributed by atoms with Crippen molar-refractivity contribution >= 4 is 35.2 Å². The van der Waals surface area contributed by atoms with Crippen molar-refractivity contribution in [1.29, 1.82) is 0 Å². The molecule has 0 radical (unpaired) electrons. The van der Waals surface area contributed by atoms with Gasteiger partial charge in [-0.15, -0.1) is 0 Å². The minimum atomic E-state index is -3.68. The summed E-state index contributed by atoms with van der Waals surface area (Å²) in [6.07, 6.45) is -0.665. The van der Waals surface area contributed by atoms with E-state index in [1.807, 2.05) is 45.0 Å². The van der Waals surface area contributed by atoms with Gasteiger partial charge in [-0.05, 0) is 106 Å². The normalized spacial score (nSPS) is 13.5. The number of hydrogen-bond acceptors (Lipinski definition) is 15. The summed E-state index contributed by atoms with van der Waals surface area (Å²) in [6.45, 7) is 7.25. The minimum Gasteiger partial charge on any atom is -0.471 e. The van der Waals surface area contributed by atoms with Gasteiger partial charge < -0.3 is 75.5 Å². The lowest BCUT2D eigenvalue weighted by Crippen LogP contribution is -2.59. The summed E-state index contributed by atoms with van der Waals surface area (Å²) < 4.78 is 48.0. The maximum atomic E-state index is 6.17. The summed E-state index contributed by atoms with van der Waals surface area (Å²) in [6, 6.07) is 28.2. The third-order valence-electron chi connectivity index (χ3n) is 6.78. The summed E-state index contributed by atoms with van der Waals surface area (Å²) in [4.78, 5) is 0. The Morgan fingerprint density at radius 3 is 1.04 bits per heavy atom. The second-order valence-corrected chi connectivity index (χ2v) is 15.4. The van der Waals surface area contributed by atoms with E-state index in [0.29, 0.717) is 40.1 Å². The summed E-state index contributed by atoms with van der Waals surface area (Å²) in [5.74, 6) is 2.11. The molecule has 0 fully saturated rings. The molecule has 0 heterocycles. The van der Waals surface area contributed by atoms with Crippen LogP contribution in [0.4, 0.5) is 17.1 Å². The molecule has 0 spiro atoms. The van der Waals surface area contributed by atoms with E-state index < -0.39 is 18.1 Å². The lowest BCUT2D eigenvalue weighted by atomic mass is 10.2. The average Bonchev–Trinajstić information content (AvgIpc) is 3.14. The van der Waals surface area contributed by atoms with E-state index >= 15 is 0 Å². The summed E-state index contributed by atoms with van der Waals surface area (Å²) in [5, 5.41) is 0. The molecule has 0 aliphatic heterocycles. The molecule has 0 amide bonds. The smallest absolute Gasteiger partial charge is 0.471 e. The molecule has 0 aliphatic carbocycles. The van der Waals surface area contributed by atoms with Crippen LogP contribution < -0.4 is 57.8 Å². The van der Waals surface area contributed by atoms with Crippen LogP contribution in [-0.4, -0.2) is 69.7 Å². The molecule has 17 heteroatoms. The molecule has 4 aromatic rings. The van der Waals surface area contributed by atoms with E-state index in [1.165, 1.54) is 0 Å². The van der Waals surface area contributed by atoms with Gasteiger partial charge in [-0.2, -0.15) is 0 Å². The molecule has 0 aliphatic rings. The number of benzene rings is 4. The van der Waals surface area contributed by atoms with Crippen molar-refractivity contribution in [3.05, 3.63) is 103 Å². The van der Waals surface area contributed by atoms with Crippen molar-refractivity contribution in [3.63, 3.8) is 0 Å². The first-order chi connectivity index (χ1) is 24.9. The Bertz CT molecular complexity index is 1460. The Kier molecular flexibility index (Phi) is 17.1. The number of nitrogens with two attached hydrogens (primary N) is 7. The molecule has 284 valence electrons. The molecule has 0 aromatic heterocycles. The maximum Gasteiger partial charge on any atom is 0.821 e. The fourth-order valence-corrected chi connectivity index (χ4v) is 8.34. The zero-order chi connectivity index (χ0) is 38.0. The van der Waals surface area contributed by atoms with E-state index in [4.69, 9.17) is 75.5 Å². The van der Waals surface area contributed by atoms with Crippen molar-refractivity contribution in [1.82, 2.24) is 0 Å². The van der Waals surface area contributed by atoms with Gasteiger partial charge in [0.15, 0.2) is 0 Å². The van der Waals surface area contributed by atoms with Crippen molar-refractivity contribution in [3.8, 4) is 23.0 Å². The van der Waals surface area contributed by atoms with Crippen molar-refractivity contribution in [2.45, 2.75) is 33.0 Å². The Labute approximate surface area is 308 Å². The monoisotopic (exact) mass is 755 g/mol. The van der Waals surface area contributed by atoms with Gasteiger partial charge in [-0.3, -0.25) is 0 Å². The third-order valence-corrected chi connectivity index (χ3v) is 11.2. The zero-order valence-electron chi connectivity index (χ0n) is 29.9. The Hall–Kier alpha value is -4.41. The van der Waals surface area contributed by atoms with Gasteiger partial charge >= 0.3 is 18.1 Å². The lowest BCUT2D eigenvalue weighted by Gasteiger charge is -2.32. The molecule has 4 aromatic carbocycles. The molecular weight excluding hydrogens is 703 g/mol. The molecule has 4 rings (SSSR count). The predicted molar refractivity (Wildman–Crippen MR) is 207 cm³/mol. The number of nitrogen functional groups attached to an aromatic ring is 3. The van der Waals surface area contributed by atoms with Crippen molar-refractivity contribution in [2.24, 2.45) is 22.9 Å². The van der Waals surface area contributed by atoms with E-state index in [0.717, 1.165) is 5.56 Å². The molecule has 14 N–H and O–H groups in total. The predicted octanol–water partition coefficient (Wildman–Crippen LogP) is 2.89. The number of rotatable bonds is 20. The molecule has 0 bridgehead atoms. The van der Waals surface area contributed by atoms with Gasteiger partial charge in [0.25, 0.3) is 0 Å². The SMILES string of the molecule is Cc1ccc(O[Si](Oc2ccc(N)cc2)(OC(C)CN)OC(C)CN)cc1.NCCO[Si](OCCN)(Oc1ccc(N)cc1)Oc1ccc(N)cc1. The van der Waals surface area contributed by atoms with Crippen molar-refractivity contribution in [2.75, 3.05) is 56.6 Å². The Morgan fingerprint density at radius 2 is 0.750 bits per heavy atom. The van der Waals surface area contributed by atoms with Crippen LogP contribution in [0.2, 0.25) is 0 Å². The summed E-state index contributed by atoms with van der Waals surface area (Å²) >= 11 is 0. The Balaban J connectivity index is 0.000000281. The molecular formula is C35H53N7O8Si2. The van der Waals surface area contributed by atoms with E-state index in [1.54, 1.807) is 72.8 Å². The van der Waals surface area contributed by atoms with Crippen LogP contribution >= 0.6 is 0 Å². The average molecular weight is 756 g/mol. The van der Waals surface area contributed by atoms with Crippen LogP contribution in [0.1, 0.15) is 19.4 Å². The minimum absolute atomic E-state index is 0.209. The van der Waals surface area contributed by atoms with Crippen LogP contribution in [0.25, 0.3) is 0 Å². The molecule has 0 saturated heterocycles. The van der Waals surface area contributed by atoms with Gasteiger partial charge in [0.2, 0.25) is 0 Å². The van der Waals surface area contributed by atoms with Gasteiger partial charge in [-0.1, -0.05) is 17.7 Å². The highest BCUT2D eigenvalue weighted by Gasteiger charge is 2.54. The highest BCUT2D eigenvalue weighted by Crippen LogP contribution is 2.27. The van der Waals surface area contributed by atoms with E-state index in [9.17, 15) is 0 Å². The topological polar surface area (TPSA) is 256 Å². The molecule has 15 nitrogen and oxygen atoms in total. The largest absolute Gasteiger partial charge is 0.821 e. The number of hydrogen-bond donors (Lipinski definition) is 7. The fraction of sp³-hybridized carbons (Fsp3) is 0.314.